The molecule has 0 unspecified atom stereocenters. The predicted octanol–water partition coefficient (Wildman–Crippen LogP) is 4.74. The number of unbranched alkanes of at least 4 members (excludes halogenated alkanes) is 1. The van der Waals surface area contributed by atoms with Crippen molar-refractivity contribution in [3.05, 3.63) is 66.0 Å². The average Bonchev–Trinajstić information content (AvgIpc) is 3.17. The van der Waals surface area contributed by atoms with Crippen molar-refractivity contribution < 1.29 is 9.18 Å². The molecular formula is C22H22FN3O. The summed E-state index contributed by atoms with van der Waals surface area (Å²) in [6, 6.07) is 15.8. The van der Waals surface area contributed by atoms with E-state index < -0.39 is 0 Å². The average molecular weight is 363 g/mol. The zero-order valence-corrected chi connectivity index (χ0v) is 15.4. The largest absolute Gasteiger partial charge is 0.326 e. The molecule has 1 aliphatic rings. The number of allylic oxidation sites excluding steroid dienone is 1. The van der Waals surface area contributed by atoms with Crippen molar-refractivity contribution in [3.63, 3.8) is 0 Å². The fourth-order valence-corrected chi connectivity index (χ4v) is 3.74. The molecule has 0 spiro atoms. The minimum Gasteiger partial charge on any atom is -0.326 e. The van der Waals surface area contributed by atoms with Crippen molar-refractivity contribution >= 4 is 28.2 Å². The maximum Gasteiger partial charge on any atom is 0.259 e. The number of carbonyl (C=O) groups excluding carboxylic acids is 1. The summed E-state index contributed by atoms with van der Waals surface area (Å²) in [6.07, 6.45) is 3.14. The maximum absolute atomic E-state index is 13.0. The molecule has 0 bridgehead atoms. The first-order chi connectivity index (χ1) is 13.2. The Morgan fingerprint density at radius 3 is 2.67 bits per heavy atom. The number of hydrogen-bond acceptors (Lipinski definition) is 2. The molecule has 0 saturated carbocycles. The first-order valence-electron chi connectivity index (χ1n) is 9.32. The second-order valence-corrected chi connectivity index (χ2v) is 6.68. The molecule has 0 fully saturated rings. The maximum atomic E-state index is 13.0. The van der Waals surface area contributed by atoms with Gasteiger partial charge >= 0.3 is 0 Å². The van der Waals surface area contributed by atoms with Crippen molar-refractivity contribution in [1.29, 1.82) is 0 Å². The zero-order chi connectivity index (χ0) is 18.8. The van der Waals surface area contributed by atoms with E-state index >= 15 is 0 Å². The molecule has 2 aromatic carbocycles. The Bertz CT molecular complexity index is 1020. The van der Waals surface area contributed by atoms with Crippen molar-refractivity contribution in [2.24, 2.45) is 0 Å². The fraction of sp³-hybridized carbons (Fsp3) is 0.273. The lowest BCUT2D eigenvalue weighted by atomic mass is 10.1. The number of anilines is 1. The molecule has 0 atom stereocenters. The highest BCUT2D eigenvalue weighted by atomic mass is 19.1. The van der Waals surface area contributed by atoms with Crippen molar-refractivity contribution in [3.8, 4) is 0 Å². The second-order valence-electron chi connectivity index (χ2n) is 6.68. The Balaban J connectivity index is 1.73. The first-order valence-corrected chi connectivity index (χ1v) is 9.32. The van der Waals surface area contributed by atoms with Gasteiger partial charge in [-0.1, -0.05) is 36.4 Å². The van der Waals surface area contributed by atoms with E-state index in [0.717, 1.165) is 40.1 Å². The molecule has 1 amide bonds. The Labute approximate surface area is 157 Å². The smallest absolute Gasteiger partial charge is 0.259 e. The lowest BCUT2D eigenvalue weighted by molar-refractivity contribution is -0.113. The van der Waals surface area contributed by atoms with Gasteiger partial charge in [0.1, 0.15) is 5.82 Å². The van der Waals surface area contributed by atoms with Gasteiger partial charge in [0.15, 0.2) is 0 Å². The van der Waals surface area contributed by atoms with Crippen molar-refractivity contribution in [2.45, 2.75) is 32.9 Å². The second kappa shape index (κ2) is 7.35. The normalized spacial score (nSPS) is 15.1. The summed E-state index contributed by atoms with van der Waals surface area (Å²) < 4.78 is 14.7. The summed E-state index contributed by atoms with van der Waals surface area (Å²) in [5.41, 5.74) is 4.53. The van der Waals surface area contributed by atoms with Gasteiger partial charge in [0, 0.05) is 17.7 Å². The number of aryl methyl sites for hydroxylation is 1. The van der Waals surface area contributed by atoms with Gasteiger partial charge in [-0.25, -0.2) is 4.98 Å². The van der Waals surface area contributed by atoms with Crippen LogP contribution in [0.4, 0.5) is 10.1 Å². The van der Waals surface area contributed by atoms with E-state index in [2.05, 4.69) is 4.57 Å². The molecule has 3 aromatic rings. The highest BCUT2D eigenvalue weighted by molar-refractivity contribution is 6.32. The van der Waals surface area contributed by atoms with Crippen LogP contribution >= 0.6 is 0 Å². The number of imidazole rings is 1. The van der Waals surface area contributed by atoms with Crippen LogP contribution in [0.3, 0.4) is 0 Å². The number of carbonyl (C=O) groups is 1. The Kier molecular flexibility index (Phi) is 4.75. The van der Waals surface area contributed by atoms with Crippen LogP contribution in [0.1, 0.15) is 31.2 Å². The van der Waals surface area contributed by atoms with E-state index in [1.54, 1.807) is 4.90 Å². The van der Waals surface area contributed by atoms with Gasteiger partial charge in [0.05, 0.1) is 29.9 Å². The molecule has 27 heavy (non-hydrogen) atoms. The quantitative estimate of drug-likeness (QED) is 0.469. The van der Waals surface area contributed by atoms with Gasteiger partial charge < -0.3 is 9.47 Å². The SMILES string of the molecule is C/C=C1/C(=O)N(Cc2nc3ccccc3n2CCCCF)c2ccccc21. The summed E-state index contributed by atoms with van der Waals surface area (Å²) >= 11 is 0. The summed E-state index contributed by atoms with van der Waals surface area (Å²) in [5.74, 6) is 0.830. The number of alkyl halides is 1. The highest BCUT2D eigenvalue weighted by Crippen LogP contribution is 2.37. The topological polar surface area (TPSA) is 38.1 Å². The number of halogens is 1. The van der Waals surface area contributed by atoms with Gasteiger partial charge in [-0.2, -0.15) is 0 Å². The molecule has 2 heterocycles. The van der Waals surface area contributed by atoms with Crippen LogP contribution in [0.5, 0.6) is 0 Å². The number of rotatable bonds is 6. The molecule has 0 saturated heterocycles. The molecule has 4 rings (SSSR count). The Morgan fingerprint density at radius 1 is 1.07 bits per heavy atom. The van der Waals surface area contributed by atoms with Gasteiger partial charge in [-0.15, -0.1) is 0 Å². The third-order valence-corrected chi connectivity index (χ3v) is 5.05. The monoisotopic (exact) mass is 363 g/mol. The van der Waals surface area contributed by atoms with Gasteiger partial charge in [0.2, 0.25) is 0 Å². The lowest BCUT2D eigenvalue weighted by Gasteiger charge is -2.18. The third-order valence-electron chi connectivity index (χ3n) is 5.05. The fourth-order valence-electron chi connectivity index (χ4n) is 3.74. The summed E-state index contributed by atoms with van der Waals surface area (Å²) in [6.45, 7) is 2.67. The number of benzene rings is 2. The zero-order valence-electron chi connectivity index (χ0n) is 15.4. The number of nitrogens with zero attached hydrogens (tertiary/aromatic N) is 3. The lowest BCUT2D eigenvalue weighted by Crippen LogP contribution is -2.27. The minimum absolute atomic E-state index is 0.000985. The van der Waals surface area contributed by atoms with Crippen LogP contribution in [0.15, 0.2) is 54.6 Å². The van der Waals surface area contributed by atoms with E-state index in [4.69, 9.17) is 4.98 Å². The van der Waals surface area contributed by atoms with Crippen LogP contribution in [0.25, 0.3) is 16.6 Å². The van der Waals surface area contributed by atoms with Crippen LogP contribution in [-0.4, -0.2) is 22.1 Å². The molecule has 0 N–H and O–H groups in total. The van der Waals surface area contributed by atoms with E-state index in [1.165, 1.54) is 0 Å². The minimum atomic E-state index is -0.315. The molecule has 0 radical (unpaired) electrons. The van der Waals surface area contributed by atoms with E-state index in [0.29, 0.717) is 19.5 Å². The number of para-hydroxylation sites is 3. The molecule has 1 aliphatic heterocycles. The van der Waals surface area contributed by atoms with Crippen LogP contribution in [0, 0.1) is 0 Å². The van der Waals surface area contributed by atoms with Crippen LogP contribution in [-0.2, 0) is 17.9 Å². The molecule has 0 aliphatic carbocycles. The van der Waals surface area contributed by atoms with E-state index in [1.807, 2.05) is 61.5 Å². The van der Waals surface area contributed by atoms with Gasteiger partial charge in [-0.05, 0) is 38.0 Å². The highest BCUT2D eigenvalue weighted by Gasteiger charge is 2.32. The number of aromatic nitrogens is 2. The van der Waals surface area contributed by atoms with Crippen molar-refractivity contribution in [2.75, 3.05) is 11.6 Å². The summed E-state index contributed by atoms with van der Waals surface area (Å²) in [7, 11) is 0. The first kappa shape index (κ1) is 17.5. The standard InChI is InChI=1S/C22H22FN3O/c1-2-16-17-9-3-5-11-19(17)26(22(16)27)15-21-24-18-10-4-6-12-20(18)25(21)14-8-7-13-23/h2-6,9-12H,7-8,13-15H2,1H3/b16-2+. The predicted molar refractivity (Wildman–Crippen MR) is 106 cm³/mol. The third kappa shape index (κ3) is 3.03. The Hall–Kier alpha value is -2.95. The molecule has 1 aromatic heterocycles. The molecule has 4 nitrogen and oxygen atoms in total. The van der Waals surface area contributed by atoms with Crippen LogP contribution in [0.2, 0.25) is 0 Å². The van der Waals surface area contributed by atoms with Gasteiger partial charge in [-0.3, -0.25) is 9.18 Å². The van der Waals surface area contributed by atoms with Crippen LogP contribution < -0.4 is 4.90 Å². The Morgan fingerprint density at radius 2 is 1.85 bits per heavy atom. The number of fused-ring (bicyclic) bond motifs is 2. The number of amides is 1. The van der Waals surface area contributed by atoms with E-state index in [9.17, 15) is 9.18 Å². The summed E-state index contributed by atoms with van der Waals surface area (Å²) in [5, 5.41) is 0. The van der Waals surface area contributed by atoms with Gasteiger partial charge in [0.25, 0.3) is 5.91 Å². The summed E-state index contributed by atoms with van der Waals surface area (Å²) in [4.78, 5) is 19.5. The molecule has 138 valence electrons. The number of hydrogen-bond donors (Lipinski definition) is 0. The molecule has 5 heteroatoms. The van der Waals surface area contributed by atoms with E-state index in [-0.39, 0.29) is 12.6 Å². The van der Waals surface area contributed by atoms with Crippen molar-refractivity contribution in [1.82, 2.24) is 9.55 Å². The molecular weight excluding hydrogens is 341 g/mol.